The first kappa shape index (κ1) is 11.0. The van der Waals surface area contributed by atoms with Gasteiger partial charge < -0.3 is 10.2 Å². The van der Waals surface area contributed by atoms with Crippen molar-refractivity contribution in [2.24, 2.45) is 5.92 Å². The highest BCUT2D eigenvalue weighted by Crippen LogP contribution is 2.28. The summed E-state index contributed by atoms with van der Waals surface area (Å²) in [6.07, 6.45) is 2.67. The number of rotatable bonds is 1. The lowest BCUT2D eigenvalue weighted by Crippen LogP contribution is -2.40. The second kappa shape index (κ2) is 4.26. The largest absolute Gasteiger partial charge is 0.355 e. The van der Waals surface area contributed by atoms with Gasteiger partial charge in [-0.2, -0.15) is 0 Å². The lowest BCUT2D eigenvalue weighted by molar-refractivity contribution is 0.340. The van der Waals surface area contributed by atoms with Gasteiger partial charge in [-0.15, -0.1) is 0 Å². The molecule has 0 amide bonds. The van der Waals surface area contributed by atoms with E-state index in [4.69, 9.17) is 0 Å². The number of hydrogen-bond donors (Lipinski definition) is 1. The Morgan fingerprint density at radius 3 is 2.94 bits per heavy atom. The molecule has 0 aromatic carbocycles. The SMILES string of the molecule is Cc1cc(N2CC3CCCNC3C2)nc(C)n1. The molecule has 2 saturated heterocycles. The van der Waals surface area contributed by atoms with Crippen molar-refractivity contribution in [3.05, 3.63) is 17.6 Å². The van der Waals surface area contributed by atoms with Crippen LogP contribution in [-0.4, -0.2) is 35.6 Å². The Bertz CT molecular complexity index is 384. The molecule has 4 nitrogen and oxygen atoms in total. The van der Waals surface area contributed by atoms with Crippen LogP contribution in [0.1, 0.15) is 24.4 Å². The number of hydrogen-bond acceptors (Lipinski definition) is 4. The Hall–Kier alpha value is -1.16. The van der Waals surface area contributed by atoms with E-state index < -0.39 is 0 Å². The number of fused-ring (bicyclic) bond motifs is 1. The molecule has 2 aliphatic heterocycles. The summed E-state index contributed by atoms with van der Waals surface area (Å²) < 4.78 is 0. The van der Waals surface area contributed by atoms with Crippen LogP contribution in [0.25, 0.3) is 0 Å². The van der Waals surface area contributed by atoms with Gasteiger partial charge in [-0.05, 0) is 39.2 Å². The molecule has 1 aromatic rings. The monoisotopic (exact) mass is 232 g/mol. The van der Waals surface area contributed by atoms with Crippen LogP contribution in [-0.2, 0) is 0 Å². The van der Waals surface area contributed by atoms with Gasteiger partial charge in [-0.25, -0.2) is 9.97 Å². The molecule has 92 valence electrons. The minimum absolute atomic E-state index is 0.666. The summed E-state index contributed by atoms with van der Waals surface area (Å²) in [5, 5.41) is 3.62. The summed E-state index contributed by atoms with van der Waals surface area (Å²) in [4.78, 5) is 11.3. The predicted molar refractivity (Wildman–Crippen MR) is 68.2 cm³/mol. The molecule has 0 aliphatic carbocycles. The van der Waals surface area contributed by atoms with E-state index in [1.165, 1.54) is 19.4 Å². The maximum Gasteiger partial charge on any atom is 0.132 e. The van der Waals surface area contributed by atoms with Gasteiger partial charge in [-0.3, -0.25) is 0 Å². The Balaban J connectivity index is 1.81. The van der Waals surface area contributed by atoms with Crippen LogP contribution in [0.3, 0.4) is 0 Å². The van der Waals surface area contributed by atoms with Gasteiger partial charge in [0.1, 0.15) is 11.6 Å². The average molecular weight is 232 g/mol. The highest BCUT2D eigenvalue weighted by Gasteiger charge is 2.34. The molecule has 0 saturated carbocycles. The van der Waals surface area contributed by atoms with Gasteiger partial charge in [0.05, 0.1) is 0 Å². The van der Waals surface area contributed by atoms with E-state index in [-0.39, 0.29) is 0 Å². The zero-order chi connectivity index (χ0) is 11.8. The molecular formula is C13H20N4. The van der Waals surface area contributed by atoms with E-state index in [0.29, 0.717) is 6.04 Å². The lowest BCUT2D eigenvalue weighted by Gasteiger charge is -2.24. The number of aryl methyl sites for hydroxylation is 2. The standard InChI is InChI=1S/C13H20N4/c1-9-6-13(16-10(2)15-9)17-7-11-4-3-5-14-12(11)8-17/h6,11-12,14H,3-5,7-8H2,1-2H3. The van der Waals surface area contributed by atoms with Crippen LogP contribution in [0.2, 0.25) is 0 Å². The number of piperidine rings is 1. The van der Waals surface area contributed by atoms with Gasteiger partial charge >= 0.3 is 0 Å². The fraction of sp³-hybridized carbons (Fsp3) is 0.692. The van der Waals surface area contributed by atoms with Crippen LogP contribution in [0.5, 0.6) is 0 Å². The first-order chi connectivity index (χ1) is 8.22. The molecule has 2 aliphatic rings. The van der Waals surface area contributed by atoms with Crippen molar-refractivity contribution in [2.75, 3.05) is 24.5 Å². The summed E-state index contributed by atoms with van der Waals surface area (Å²) in [6.45, 7) is 7.43. The van der Waals surface area contributed by atoms with Crippen molar-refractivity contribution in [3.63, 3.8) is 0 Å². The zero-order valence-corrected chi connectivity index (χ0v) is 10.6. The third-order valence-electron chi connectivity index (χ3n) is 3.88. The first-order valence-electron chi connectivity index (χ1n) is 6.53. The number of aromatic nitrogens is 2. The lowest BCUT2D eigenvalue weighted by atomic mass is 9.94. The smallest absolute Gasteiger partial charge is 0.132 e. The molecule has 3 heterocycles. The molecule has 3 rings (SSSR count). The van der Waals surface area contributed by atoms with Crippen LogP contribution in [0.15, 0.2) is 6.07 Å². The summed E-state index contributed by atoms with van der Waals surface area (Å²) in [5.74, 6) is 2.79. The van der Waals surface area contributed by atoms with Crippen molar-refractivity contribution in [1.29, 1.82) is 0 Å². The molecule has 0 spiro atoms. The Labute approximate surface area is 102 Å². The van der Waals surface area contributed by atoms with Crippen LogP contribution in [0, 0.1) is 19.8 Å². The van der Waals surface area contributed by atoms with E-state index in [2.05, 4.69) is 26.3 Å². The van der Waals surface area contributed by atoms with Gasteiger partial charge in [0.2, 0.25) is 0 Å². The fourth-order valence-corrected chi connectivity index (χ4v) is 3.09. The van der Waals surface area contributed by atoms with Crippen molar-refractivity contribution in [1.82, 2.24) is 15.3 Å². The summed E-state index contributed by atoms with van der Waals surface area (Å²) in [5.41, 5.74) is 1.07. The molecule has 0 bridgehead atoms. The van der Waals surface area contributed by atoms with Crippen molar-refractivity contribution < 1.29 is 0 Å². The minimum atomic E-state index is 0.666. The molecule has 2 unspecified atom stereocenters. The second-order valence-corrected chi connectivity index (χ2v) is 5.28. The van der Waals surface area contributed by atoms with Crippen molar-refractivity contribution in [2.45, 2.75) is 32.7 Å². The van der Waals surface area contributed by atoms with E-state index in [1.807, 2.05) is 13.8 Å². The Morgan fingerprint density at radius 1 is 1.29 bits per heavy atom. The van der Waals surface area contributed by atoms with Crippen LogP contribution < -0.4 is 10.2 Å². The normalized spacial score (nSPS) is 28.2. The van der Waals surface area contributed by atoms with Crippen LogP contribution in [0.4, 0.5) is 5.82 Å². The molecule has 17 heavy (non-hydrogen) atoms. The van der Waals surface area contributed by atoms with Gasteiger partial charge in [0.15, 0.2) is 0 Å². The first-order valence-corrected chi connectivity index (χ1v) is 6.53. The third-order valence-corrected chi connectivity index (χ3v) is 3.88. The second-order valence-electron chi connectivity index (χ2n) is 5.28. The predicted octanol–water partition coefficient (Wildman–Crippen LogP) is 1.28. The Morgan fingerprint density at radius 2 is 2.18 bits per heavy atom. The van der Waals surface area contributed by atoms with E-state index >= 15 is 0 Å². The van der Waals surface area contributed by atoms with Gasteiger partial charge in [0, 0.05) is 30.9 Å². The zero-order valence-electron chi connectivity index (χ0n) is 10.6. The highest BCUT2D eigenvalue weighted by molar-refractivity contribution is 5.42. The number of nitrogens with one attached hydrogen (secondary N) is 1. The maximum absolute atomic E-state index is 4.56. The summed E-state index contributed by atoms with van der Waals surface area (Å²) in [6, 6.07) is 2.77. The topological polar surface area (TPSA) is 41.0 Å². The molecule has 2 fully saturated rings. The van der Waals surface area contributed by atoms with E-state index in [0.717, 1.165) is 36.3 Å². The molecule has 0 radical (unpaired) electrons. The molecule has 4 heteroatoms. The quantitative estimate of drug-likeness (QED) is 0.792. The van der Waals surface area contributed by atoms with Crippen molar-refractivity contribution in [3.8, 4) is 0 Å². The van der Waals surface area contributed by atoms with E-state index in [9.17, 15) is 0 Å². The van der Waals surface area contributed by atoms with Gasteiger partial charge in [-0.1, -0.05) is 0 Å². The fourth-order valence-electron chi connectivity index (χ4n) is 3.09. The molecular weight excluding hydrogens is 212 g/mol. The highest BCUT2D eigenvalue weighted by atomic mass is 15.2. The summed E-state index contributed by atoms with van der Waals surface area (Å²) >= 11 is 0. The minimum Gasteiger partial charge on any atom is -0.355 e. The van der Waals surface area contributed by atoms with Crippen molar-refractivity contribution >= 4 is 5.82 Å². The molecule has 1 N–H and O–H groups in total. The number of anilines is 1. The summed E-state index contributed by atoms with van der Waals surface area (Å²) in [7, 11) is 0. The maximum atomic E-state index is 4.56. The van der Waals surface area contributed by atoms with Crippen LogP contribution >= 0.6 is 0 Å². The third kappa shape index (κ3) is 2.14. The molecule has 1 aromatic heterocycles. The number of nitrogens with zero attached hydrogens (tertiary/aromatic N) is 3. The van der Waals surface area contributed by atoms with Gasteiger partial charge in [0.25, 0.3) is 0 Å². The molecule has 2 atom stereocenters. The Kier molecular flexibility index (Phi) is 2.74. The van der Waals surface area contributed by atoms with E-state index in [1.54, 1.807) is 0 Å². The average Bonchev–Trinajstić information content (AvgIpc) is 2.71.